The van der Waals surface area contributed by atoms with Crippen LogP contribution in [0.5, 0.6) is 0 Å². The summed E-state index contributed by atoms with van der Waals surface area (Å²) in [5.41, 5.74) is 1.98. The number of ketones is 1. The van der Waals surface area contributed by atoms with E-state index in [9.17, 15) is 4.79 Å². The molecule has 0 bridgehead atoms. The fraction of sp³-hybridized carbons (Fsp3) is 0.211. The zero-order valence-corrected chi connectivity index (χ0v) is 12.8. The van der Waals surface area contributed by atoms with Gasteiger partial charge in [-0.25, -0.2) is 4.98 Å². The van der Waals surface area contributed by atoms with Gasteiger partial charge < -0.3 is 4.42 Å². The first-order valence-corrected chi connectivity index (χ1v) is 7.77. The van der Waals surface area contributed by atoms with Crippen LogP contribution in [0.25, 0.3) is 11.5 Å². The molecule has 3 rings (SSSR count). The first kappa shape index (κ1) is 15.2. The number of Topliss-reactive ketones (excluding diaryl/α,β-unsaturated/α-hetero) is 1. The number of carbonyl (C=O) groups is 1. The zero-order chi connectivity index (χ0) is 15.9. The molecule has 0 spiro atoms. The summed E-state index contributed by atoms with van der Waals surface area (Å²) in [6, 6.07) is 15.8. The van der Waals surface area contributed by atoms with Gasteiger partial charge in [-0.3, -0.25) is 9.78 Å². The molecule has 0 aliphatic heterocycles. The van der Waals surface area contributed by atoms with Crippen LogP contribution in [-0.4, -0.2) is 15.8 Å². The van der Waals surface area contributed by atoms with E-state index in [-0.39, 0.29) is 11.7 Å². The van der Waals surface area contributed by atoms with E-state index in [1.807, 2.05) is 36.4 Å². The molecule has 0 fully saturated rings. The Morgan fingerprint density at radius 3 is 2.57 bits per heavy atom. The second kappa shape index (κ2) is 7.49. The van der Waals surface area contributed by atoms with Crippen molar-refractivity contribution < 1.29 is 9.21 Å². The van der Waals surface area contributed by atoms with Crippen LogP contribution < -0.4 is 0 Å². The first-order valence-electron chi connectivity index (χ1n) is 7.77. The molecule has 2 heterocycles. The van der Waals surface area contributed by atoms with E-state index in [1.165, 1.54) is 5.56 Å². The van der Waals surface area contributed by atoms with Gasteiger partial charge in [0.25, 0.3) is 5.89 Å². The number of unbranched alkanes of at least 4 members (excludes halogenated alkanes) is 1. The van der Waals surface area contributed by atoms with E-state index in [1.54, 1.807) is 12.4 Å². The standard InChI is InChI=1S/C19H18N2O2/c22-17(12-5-4-10-15-8-2-1-3-9-15)19-21-14-18(23-19)16-11-6-7-13-20-16/h1-3,6-9,11,13-14H,4-5,10,12H2. The van der Waals surface area contributed by atoms with Crippen molar-refractivity contribution in [3.05, 3.63) is 72.4 Å². The van der Waals surface area contributed by atoms with Crippen molar-refractivity contribution in [2.75, 3.05) is 0 Å². The monoisotopic (exact) mass is 306 g/mol. The van der Waals surface area contributed by atoms with E-state index in [0.29, 0.717) is 17.9 Å². The average Bonchev–Trinajstić information content (AvgIpc) is 3.10. The third kappa shape index (κ3) is 4.13. The van der Waals surface area contributed by atoms with Crippen LogP contribution in [0.3, 0.4) is 0 Å². The molecule has 0 aliphatic carbocycles. The van der Waals surface area contributed by atoms with Crippen LogP contribution in [0.2, 0.25) is 0 Å². The Morgan fingerprint density at radius 1 is 0.957 bits per heavy atom. The number of oxazole rings is 1. The Bertz CT molecular complexity index is 751. The minimum atomic E-state index is -0.0553. The molecule has 1 aromatic carbocycles. The molecule has 0 amide bonds. The fourth-order valence-electron chi connectivity index (χ4n) is 2.40. The van der Waals surface area contributed by atoms with Crippen LogP contribution in [0, 0.1) is 0 Å². The second-order valence-electron chi connectivity index (χ2n) is 5.36. The van der Waals surface area contributed by atoms with E-state index in [2.05, 4.69) is 22.1 Å². The SMILES string of the molecule is O=C(CCCCc1ccccc1)c1ncc(-c2ccccn2)o1. The molecule has 0 N–H and O–H groups in total. The minimum absolute atomic E-state index is 0.0553. The number of pyridine rings is 1. The Labute approximate surface area is 135 Å². The Balaban J connectivity index is 1.50. The van der Waals surface area contributed by atoms with E-state index in [0.717, 1.165) is 19.3 Å². The lowest BCUT2D eigenvalue weighted by atomic mass is 10.1. The van der Waals surface area contributed by atoms with Gasteiger partial charge in [0.2, 0.25) is 5.78 Å². The fourth-order valence-corrected chi connectivity index (χ4v) is 2.40. The molecule has 0 saturated heterocycles. The molecule has 3 aromatic rings. The van der Waals surface area contributed by atoms with Gasteiger partial charge in [0, 0.05) is 12.6 Å². The number of aromatic nitrogens is 2. The van der Waals surface area contributed by atoms with Crippen molar-refractivity contribution in [2.45, 2.75) is 25.7 Å². The van der Waals surface area contributed by atoms with Gasteiger partial charge in [-0.05, 0) is 37.0 Å². The third-order valence-electron chi connectivity index (χ3n) is 3.62. The molecule has 0 aliphatic rings. The number of aryl methyl sites for hydroxylation is 1. The molecular formula is C19H18N2O2. The Kier molecular flexibility index (Phi) is 4.94. The number of rotatable bonds is 7. The summed E-state index contributed by atoms with van der Waals surface area (Å²) in [5, 5.41) is 0. The Hall–Kier alpha value is -2.75. The van der Waals surface area contributed by atoms with Crippen molar-refractivity contribution >= 4 is 5.78 Å². The normalized spacial score (nSPS) is 10.6. The third-order valence-corrected chi connectivity index (χ3v) is 3.62. The lowest BCUT2D eigenvalue weighted by Gasteiger charge is -2.00. The lowest BCUT2D eigenvalue weighted by molar-refractivity contribution is 0.0946. The van der Waals surface area contributed by atoms with Gasteiger partial charge in [0.05, 0.1) is 6.20 Å². The van der Waals surface area contributed by atoms with Gasteiger partial charge >= 0.3 is 0 Å². The number of benzene rings is 1. The summed E-state index contributed by atoms with van der Waals surface area (Å²) in [6.07, 6.45) is 6.48. The van der Waals surface area contributed by atoms with Gasteiger partial charge in [-0.15, -0.1) is 0 Å². The molecule has 0 saturated carbocycles. The Morgan fingerprint density at radius 2 is 1.78 bits per heavy atom. The summed E-state index contributed by atoms with van der Waals surface area (Å²) in [5.74, 6) is 0.642. The molecule has 116 valence electrons. The summed E-state index contributed by atoms with van der Waals surface area (Å²) in [4.78, 5) is 20.4. The van der Waals surface area contributed by atoms with Crippen molar-refractivity contribution in [3.63, 3.8) is 0 Å². The summed E-state index contributed by atoms with van der Waals surface area (Å²) in [7, 11) is 0. The topological polar surface area (TPSA) is 56.0 Å². The molecular weight excluding hydrogens is 288 g/mol. The van der Waals surface area contributed by atoms with Crippen LogP contribution in [0.15, 0.2) is 65.3 Å². The highest BCUT2D eigenvalue weighted by Crippen LogP contribution is 2.18. The largest absolute Gasteiger partial charge is 0.432 e. The molecule has 0 atom stereocenters. The van der Waals surface area contributed by atoms with Crippen LogP contribution >= 0.6 is 0 Å². The molecule has 0 radical (unpaired) electrons. The quantitative estimate of drug-likeness (QED) is 0.481. The second-order valence-corrected chi connectivity index (χ2v) is 5.36. The van der Waals surface area contributed by atoms with Gasteiger partial charge in [0.15, 0.2) is 5.76 Å². The number of nitrogens with zero attached hydrogens (tertiary/aromatic N) is 2. The van der Waals surface area contributed by atoms with Gasteiger partial charge in [-0.1, -0.05) is 36.4 Å². The van der Waals surface area contributed by atoms with Crippen LogP contribution in [0.4, 0.5) is 0 Å². The summed E-state index contributed by atoms with van der Waals surface area (Å²) >= 11 is 0. The first-order chi connectivity index (χ1) is 11.3. The number of carbonyl (C=O) groups excluding carboxylic acids is 1. The molecule has 2 aromatic heterocycles. The average molecular weight is 306 g/mol. The molecule has 4 nitrogen and oxygen atoms in total. The van der Waals surface area contributed by atoms with Crippen molar-refractivity contribution in [2.24, 2.45) is 0 Å². The van der Waals surface area contributed by atoms with Crippen molar-refractivity contribution in [1.29, 1.82) is 0 Å². The summed E-state index contributed by atoms with van der Waals surface area (Å²) < 4.78 is 5.52. The maximum atomic E-state index is 12.1. The van der Waals surface area contributed by atoms with E-state index in [4.69, 9.17) is 4.42 Å². The predicted molar refractivity (Wildman–Crippen MR) is 88.1 cm³/mol. The van der Waals surface area contributed by atoms with Crippen LogP contribution in [-0.2, 0) is 6.42 Å². The van der Waals surface area contributed by atoms with Gasteiger partial charge in [0.1, 0.15) is 5.69 Å². The lowest BCUT2D eigenvalue weighted by Crippen LogP contribution is -1.99. The molecule has 0 unspecified atom stereocenters. The highest BCUT2D eigenvalue weighted by atomic mass is 16.4. The van der Waals surface area contributed by atoms with Crippen molar-refractivity contribution in [1.82, 2.24) is 9.97 Å². The maximum Gasteiger partial charge on any atom is 0.263 e. The van der Waals surface area contributed by atoms with Crippen molar-refractivity contribution in [3.8, 4) is 11.5 Å². The smallest absolute Gasteiger partial charge is 0.263 e. The van der Waals surface area contributed by atoms with E-state index < -0.39 is 0 Å². The van der Waals surface area contributed by atoms with E-state index >= 15 is 0 Å². The number of hydrogen-bond acceptors (Lipinski definition) is 4. The zero-order valence-electron chi connectivity index (χ0n) is 12.8. The molecule has 4 heteroatoms. The molecule has 23 heavy (non-hydrogen) atoms. The number of hydrogen-bond donors (Lipinski definition) is 0. The van der Waals surface area contributed by atoms with Gasteiger partial charge in [-0.2, -0.15) is 0 Å². The minimum Gasteiger partial charge on any atom is -0.432 e. The predicted octanol–water partition coefficient (Wildman–Crippen LogP) is 4.33. The maximum absolute atomic E-state index is 12.1. The van der Waals surface area contributed by atoms with Crippen LogP contribution in [0.1, 0.15) is 35.5 Å². The highest BCUT2D eigenvalue weighted by Gasteiger charge is 2.14. The highest BCUT2D eigenvalue weighted by molar-refractivity contribution is 5.91. The summed E-state index contributed by atoms with van der Waals surface area (Å²) in [6.45, 7) is 0.